The largest absolute Gasteiger partial charge is 0.352 e. The molecule has 2 aromatic rings. The van der Waals surface area contributed by atoms with E-state index in [-0.39, 0.29) is 22.2 Å². The van der Waals surface area contributed by atoms with Crippen LogP contribution in [0, 0.1) is 10.1 Å². The predicted octanol–water partition coefficient (Wildman–Crippen LogP) is 2.79. The summed E-state index contributed by atoms with van der Waals surface area (Å²) in [5.41, 5.74) is 1.28. The average Bonchev–Trinajstić information content (AvgIpc) is 2.55. The van der Waals surface area contributed by atoms with Crippen molar-refractivity contribution in [3.05, 3.63) is 68.2 Å². The van der Waals surface area contributed by atoms with Crippen LogP contribution in [0.4, 0.5) is 11.4 Å². The van der Waals surface area contributed by atoms with Crippen molar-refractivity contribution in [2.24, 2.45) is 0 Å². The lowest BCUT2D eigenvalue weighted by Crippen LogP contribution is -2.31. The summed E-state index contributed by atoms with van der Waals surface area (Å²) in [4.78, 5) is 34.6. The van der Waals surface area contributed by atoms with Crippen LogP contribution in [0.15, 0.2) is 36.4 Å². The van der Waals surface area contributed by atoms with Gasteiger partial charge in [-0.25, -0.2) is 0 Å². The molecule has 0 saturated carbocycles. The zero-order valence-electron chi connectivity index (χ0n) is 12.3. The van der Waals surface area contributed by atoms with Gasteiger partial charge < -0.3 is 10.6 Å². The fourth-order valence-electron chi connectivity index (χ4n) is 2.54. The van der Waals surface area contributed by atoms with E-state index in [1.165, 1.54) is 18.2 Å². The van der Waals surface area contributed by atoms with Crippen LogP contribution < -0.4 is 10.6 Å². The maximum atomic E-state index is 12.4. The van der Waals surface area contributed by atoms with Gasteiger partial charge in [0.25, 0.3) is 17.5 Å². The van der Waals surface area contributed by atoms with Gasteiger partial charge >= 0.3 is 0 Å². The molecule has 0 saturated heterocycles. The number of anilines is 1. The minimum Gasteiger partial charge on any atom is -0.352 e. The summed E-state index contributed by atoms with van der Waals surface area (Å²) in [5, 5.41) is 16.6. The van der Waals surface area contributed by atoms with Crippen molar-refractivity contribution >= 4 is 34.8 Å². The average molecular weight is 346 g/mol. The lowest BCUT2D eigenvalue weighted by Gasteiger charge is -2.17. The highest BCUT2D eigenvalue weighted by Crippen LogP contribution is 2.25. The molecule has 122 valence electrons. The number of nitrogens with zero attached hydrogens (tertiary/aromatic N) is 1. The number of hydrogen-bond donors (Lipinski definition) is 2. The zero-order chi connectivity index (χ0) is 17.3. The number of carbonyl (C=O) groups is 2. The SMILES string of the molecule is O=C1NCCc2ccc(NC(=O)c3cc(Cl)ccc3[N+](=O)[O-])cc21. The second kappa shape index (κ2) is 6.29. The Hall–Kier alpha value is -2.93. The van der Waals surface area contributed by atoms with Crippen molar-refractivity contribution in [2.45, 2.75) is 6.42 Å². The lowest BCUT2D eigenvalue weighted by atomic mass is 9.99. The lowest BCUT2D eigenvalue weighted by molar-refractivity contribution is -0.385. The first-order valence-corrected chi connectivity index (χ1v) is 7.50. The van der Waals surface area contributed by atoms with Crippen molar-refractivity contribution < 1.29 is 14.5 Å². The van der Waals surface area contributed by atoms with E-state index in [4.69, 9.17) is 11.6 Å². The summed E-state index contributed by atoms with van der Waals surface area (Å²) in [6.07, 6.45) is 0.717. The Morgan fingerprint density at radius 3 is 2.79 bits per heavy atom. The Morgan fingerprint density at radius 1 is 1.25 bits per heavy atom. The molecule has 2 aromatic carbocycles. The molecule has 0 aromatic heterocycles. The van der Waals surface area contributed by atoms with Crippen LogP contribution in [0.25, 0.3) is 0 Å². The number of hydrogen-bond acceptors (Lipinski definition) is 4. The van der Waals surface area contributed by atoms with Gasteiger partial charge in [-0.3, -0.25) is 19.7 Å². The summed E-state index contributed by atoms with van der Waals surface area (Å²) in [6, 6.07) is 8.73. The third-order valence-electron chi connectivity index (χ3n) is 3.69. The maximum absolute atomic E-state index is 12.4. The molecule has 0 aliphatic carbocycles. The van der Waals surface area contributed by atoms with E-state index >= 15 is 0 Å². The van der Waals surface area contributed by atoms with Gasteiger partial charge in [0.2, 0.25) is 0 Å². The highest BCUT2D eigenvalue weighted by molar-refractivity contribution is 6.31. The van der Waals surface area contributed by atoms with Crippen molar-refractivity contribution in [1.82, 2.24) is 5.32 Å². The van der Waals surface area contributed by atoms with Gasteiger partial charge in [-0.2, -0.15) is 0 Å². The maximum Gasteiger partial charge on any atom is 0.282 e. The number of halogens is 1. The van der Waals surface area contributed by atoms with Crippen molar-refractivity contribution in [1.29, 1.82) is 0 Å². The second-order valence-corrected chi connectivity index (χ2v) is 5.69. The van der Waals surface area contributed by atoms with Crippen molar-refractivity contribution in [3.63, 3.8) is 0 Å². The number of benzene rings is 2. The highest BCUT2D eigenvalue weighted by atomic mass is 35.5. The van der Waals surface area contributed by atoms with Crippen LogP contribution >= 0.6 is 11.6 Å². The van der Waals surface area contributed by atoms with E-state index in [2.05, 4.69) is 10.6 Å². The van der Waals surface area contributed by atoms with Crippen LogP contribution in [0.5, 0.6) is 0 Å². The number of rotatable bonds is 3. The molecule has 7 nitrogen and oxygen atoms in total. The topological polar surface area (TPSA) is 101 Å². The van der Waals surface area contributed by atoms with Crippen molar-refractivity contribution in [2.75, 3.05) is 11.9 Å². The van der Waals surface area contributed by atoms with Crippen molar-refractivity contribution in [3.8, 4) is 0 Å². The van der Waals surface area contributed by atoms with E-state index < -0.39 is 10.8 Å². The number of nitro groups is 1. The van der Waals surface area contributed by atoms with Gasteiger partial charge in [-0.05, 0) is 36.2 Å². The Bertz CT molecular complexity index is 866. The number of amides is 2. The van der Waals surface area contributed by atoms with E-state index in [0.717, 1.165) is 12.0 Å². The monoisotopic (exact) mass is 345 g/mol. The first-order chi connectivity index (χ1) is 11.5. The van der Waals surface area contributed by atoms with Crippen LogP contribution in [0.2, 0.25) is 5.02 Å². The summed E-state index contributed by atoms with van der Waals surface area (Å²) < 4.78 is 0. The number of fused-ring (bicyclic) bond motifs is 1. The standard InChI is InChI=1S/C16H12ClN3O4/c17-10-2-4-14(20(23)24)13(7-10)16(22)19-11-3-1-9-5-6-18-15(21)12(9)8-11/h1-4,7-8H,5-6H2,(H,18,21)(H,19,22). The predicted molar refractivity (Wildman–Crippen MR) is 88.5 cm³/mol. The number of carbonyl (C=O) groups excluding carboxylic acids is 2. The normalized spacial score (nSPS) is 13.0. The molecule has 0 fully saturated rings. The zero-order valence-corrected chi connectivity index (χ0v) is 13.1. The van der Waals surface area contributed by atoms with Gasteiger partial charge in [-0.1, -0.05) is 17.7 Å². The fraction of sp³-hybridized carbons (Fsp3) is 0.125. The van der Waals surface area contributed by atoms with Gasteiger partial charge in [0.15, 0.2) is 0 Å². The molecule has 24 heavy (non-hydrogen) atoms. The molecular weight excluding hydrogens is 334 g/mol. The quantitative estimate of drug-likeness (QED) is 0.659. The molecule has 8 heteroatoms. The van der Waals surface area contributed by atoms with Crippen LogP contribution in [0.3, 0.4) is 0 Å². The van der Waals surface area contributed by atoms with Crippen LogP contribution in [-0.4, -0.2) is 23.3 Å². The molecule has 0 bridgehead atoms. The molecule has 1 heterocycles. The summed E-state index contributed by atoms with van der Waals surface area (Å²) >= 11 is 5.83. The smallest absolute Gasteiger partial charge is 0.282 e. The van der Waals surface area contributed by atoms with Crippen LogP contribution in [0.1, 0.15) is 26.3 Å². The Morgan fingerprint density at radius 2 is 2.04 bits per heavy atom. The fourth-order valence-corrected chi connectivity index (χ4v) is 2.71. The summed E-state index contributed by atoms with van der Waals surface area (Å²) in [6.45, 7) is 0.576. The number of nitrogens with one attached hydrogen (secondary N) is 2. The minimum atomic E-state index is -0.666. The van der Waals surface area contributed by atoms with E-state index in [9.17, 15) is 19.7 Å². The Balaban J connectivity index is 1.91. The Labute approximate surface area is 141 Å². The molecule has 1 aliphatic rings. The first kappa shape index (κ1) is 15.9. The molecule has 0 spiro atoms. The molecule has 2 amide bonds. The third kappa shape index (κ3) is 3.07. The third-order valence-corrected chi connectivity index (χ3v) is 3.93. The van der Waals surface area contributed by atoms with E-state index in [1.54, 1.807) is 18.2 Å². The van der Waals surface area contributed by atoms with E-state index in [1.807, 2.05) is 0 Å². The van der Waals surface area contributed by atoms with Crippen LogP contribution in [-0.2, 0) is 6.42 Å². The van der Waals surface area contributed by atoms with Gasteiger partial charge in [0, 0.05) is 28.9 Å². The van der Waals surface area contributed by atoms with Gasteiger partial charge in [-0.15, -0.1) is 0 Å². The van der Waals surface area contributed by atoms with Gasteiger partial charge in [0.05, 0.1) is 4.92 Å². The Kier molecular flexibility index (Phi) is 4.18. The number of nitro benzene ring substituents is 1. The highest BCUT2D eigenvalue weighted by Gasteiger charge is 2.22. The molecular formula is C16H12ClN3O4. The first-order valence-electron chi connectivity index (χ1n) is 7.12. The second-order valence-electron chi connectivity index (χ2n) is 5.25. The molecule has 1 aliphatic heterocycles. The molecule has 0 atom stereocenters. The summed E-state index contributed by atoms with van der Waals surface area (Å²) in [7, 11) is 0. The molecule has 3 rings (SSSR count). The minimum absolute atomic E-state index is 0.144. The molecule has 0 radical (unpaired) electrons. The summed E-state index contributed by atoms with van der Waals surface area (Å²) in [5.74, 6) is -0.874. The van der Waals surface area contributed by atoms with E-state index in [0.29, 0.717) is 17.8 Å². The van der Waals surface area contributed by atoms with Gasteiger partial charge in [0.1, 0.15) is 5.56 Å². The molecule has 2 N–H and O–H groups in total. The molecule has 0 unspecified atom stereocenters.